The zero-order chi connectivity index (χ0) is 27.6. The Kier molecular flexibility index (Phi) is 10.8. The van der Waals surface area contributed by atoms with Gasteiger partial charge in [0.25, 0.3) is 0 Å². The number of anilines is 1. The molecule has 0 unspecified atom stereocenters. The van der Waals surface area contributed by atoms with Crippen molar-refractivity contribution >= 4 is 29.8 Å². The average molecular weight is 561 g/mol. The Bertz CT molecular complexity index is 1400. The topological polar surface area (TPSA) is 119 Å². The molecule has 1 atom stereocenters. The molecule has 0 fully saturated rings. The van der Waals surface area contributed by atoms with Crippen LogP contribution in [0.2, 0.25) is 0 Å². The summed E-state index contributed by atoms with van der Waals surface area (Å²) in [6.07, 6.45) is 0. The van der Waals surface area contributed by atoms with Gasteiger partial charge in [-0.2, -0.15) is 0 Å². The van der Waals surface area contributed by atoms with Gasteiger partial charge in [0.1, 0.15) is 24.2 Å². The Morgan fingerprint density at radius 2 is 1.55 bits per heavy atom. The zero-order valence-corrected chi connectivity index (χ0v) is 23.2. The Morgan fingerprint density at radius 3 is 2.17 bits per heavy atom. The fraction of sp³-hybridized carbons (Fsp3) is 0.161. The summed E-state index contributed by atoms with van der Waals surface area (Å²) in [4.78, 5) is 13.5. The number of ether oxygens (including phenoxy) is 3. The highest BCUT2D eigenvalue weighted by Gasteiger charge is 2.22. The number of carbonyl (C=O) groups is 1. The highest BCUT2D eigenvalue weighted by atomic mass is 35.5. The van der Waals surface area contributed by atoms with Gasteiger partial charge < -0.3 is 30.6 Å². The van der Waals surface area contributed by atoms with Crippen LogP contribution in [0.4, 0.5) is 5.69 Å². The first-order valence-electron chi connectivity index (χ1n) is 12.4. The molecule has 0 aromatic heterocycles. The number of nitrogens with one attached hydrogen (secondary N) is 3. The number of benzene rings is 4. The third-order valence-corrected chi connectivity index (χ3v) is 6.15. The number of amides is 1. The summed E-state index contributed by atoms with van der Waals surface area (Å²) in [6, 6.07) is 29.1. The van der Waals surface area contributed by atoms with Crippen LogP contribution in [0.15, 0.2) is 97.1 Å². The lowest BCUT2D eigenvalue weighted by Crippen LogP contribution is -2.33. The summed E-state index contributed by atoms with van der Waals surface area (Å²) in [5.41, 5.74) is 9.57. The molecule has 0 radical (unpaired) electrons. The van der Waals surface area contributed by atoms with E-state index in [1.54, 1.807) is 50.6 Å². The smallest absolute Gasteiger partial charge is 0.247 e. The molecule has 0 spiro atoms. The largest absolute Gasteiger partial charge is 0.497 e. The maximum Gasteiger partial charge on any atom is 0.247 e. The fourth-order valence-corrected chi connectivity index (χ4v) is 3.97. The maximum absolute atomic E-state index is 13.5. The average Bonchev–Trinajstić information content (AvgIpc) is 2.98. The minimum atomic E-state index is -0.733. The molecular formula is C31H33ClN4O4. The molecule has 0 saturated carbocycles. The number of nitrogens with two attached hydrogens (primary N) is 1. The van der Waals surface area contributed by atoms with Gasteiger partial charge in [0, 0.05) is 17.8 Å². The van der Waals surface area contributed by atoms with Crippen LogP contribution in [0.5, 0.6) is 17.2 Å². The Balaban J connectivity index is 0.00000441. The van der Waals surface area contributed by atoms with Crippen molar-refractivity contribution in [3.05, 3.63) is 119 Å². The number of carbonyl (C=O) groups excluding carboxylic acids is 1. The second-order valence-electron chi connectivity index (χ2n) is 8.82. The van der Waals surface area contributed by atoms with Crippen molar-refractivity contribution in [2.75, 3.05) is 19.5 Å². The second kappa shape index (κ2) is 14.5. The molecule has 1 amide bonds. The Morgan fingerprint density at radius 1 is 0.850 bits per heavy atom. The standard InChI is InChI=1S/C31H32N4O4.ClH/c1-37-26-15-8-21(9-16-26)19-34-31(36)29(35-25-13-10-23(11-14-25)30(32)33)24-12-17-27(28(18-24)38-2)39-20-22-6-4-3-5-7-22;/h3-18,29,35H,19-20H2,1-2H3,(H3,32,33)(H,34,36);1H/t29-;/m0./s1. The molecule has 208 valence electrons. The number of rotatable bonds is 12. The third kappa shape index (κ3) is 7.91. The molecule has 9 heteroatoms. The van der Waals surface area contributed by atoms with E-state index in [-0.39, 0.29) is 24.1 Å². The van der Waals surface area contributed by atoms with E-state index in [9.17, 15) is 4.79 Å². The van der Waals surface area contributed by atoms with Crippen LogP contribution in [-0.4, -0.2) is 26.0 Å². The van der Waals surface area contributed by atoms with Gasteiger partial charge in [-0.05, 0) is 65.2 Å². The first-order chi connectivity index (χ1) is 19.0. The van der Waals surface area contributed by atoms with E-state index in [0.29, 0.717) is 41.5 Å². The molecule has 0 saturated heterocycles. The fourth-order valence-electron chi connectivity index (χ4n) is 3.97. The van der Waals surface area contributed by atoms with Crippen LogP contribution in [-0.2, 0) is 17.9 Å². The zero-order valence-electron chi connectivity index (χ0n) is 22.3. The van der Waals surface area contributed by atoms with Crippen molar-refractivity contribution < 1.29 is 19.0 Å². The van der Waals surface area contributed by atoms with Crippen molar-refractivity contribution in [1.29, 1.82) is 5.41 Å². The molecule has 0 bridgehead atoms. The van der Waals surface area contributed by atoms with Gasteiger partial charge in [0.15, 0.2) is 11.5 Å². The predicted octanol–water partition coefficient (Wildman–Crippen LogP) is 5.46. The van der Waals surface area contributed by atoms with Crippen LogP contribution in [0.1, 0.15) is 28.3 Å². The number of amidine groups is 1. The number of methoxy groups -OCH3 is 2. The van der Waals surface area contributed by atoms with Crippen LogP contribution < -0.4 is 30.6 Å². The van der Waals surface area contributed by atoms with E-state index in [2.05, 4.69) is 10.6 Å². The molecular weight excluding hydrogens is 528 g/mol. The van der Waals surface area contributed by atoms with E-state index in [4.69, 9.17) is 25.4 Å². The van der Waals surface area contributed by atoms with E-state index >= 15 is 0 Å². The van der Waals surface area contributed by atoms with Gasteiger partial charge in [-0.15, -0.1) is 12.4 Å². The first kappa shape index (κ1) is 29.9. The third-order valence-electron chi connectivity index (χ3n) is 6.15. The highest BCUT2D eigenvalue weighted by molar-refractivity contribution is 5.95. The summed E-state index contributed by atoms with van der Waals surface area (Å²) >= 11 is 0. The van der Waals surface area contributed by atoms with Gasteiger partial charge in [0.05, 0.1) is 14.2 Å². The Hall–Kier alpha value is -4.69. The monoisotopic (exact) mass is 560 g/mol. The van der Waals surface area contributed by atoms with Gasteiger partial charge >= 0.3 is 0 Å². The molecule has 0 heterocycles. The van der Waals surface area contributed by atoms with Gasteiger partial charge in [-0.25, -0.2) is 0 Å². The molecule has 8 nitrogen and oxygen atoms in total. The summed E-state index contributed by atoms with van der Waals surface area (Å²) < 4.78 is 16.8. The van der Waals surface area contributed by atoms with Crippen molar-refractivity contribution in [2.45, 2.75) is 19.2 Å². The first-order valence-corrected chi connectivity index (χ1v) is 12.4. The lowest BCUT2D eigenvalue weighted by Gasteiger charge is -2.22. The van der Waals surface area contributed by atoms with Gasteiger partial charge in [-0.1, -0.05) is 48.5 Å². The lowest BCUT2D eigenvalue weighted by molar-refractivity contribution is -0.122. The maximum atomic E-state index is 13.5. The minimum absolute atomic E-state index is 0. The molecule has 40 heavy (non-hydrogen) atoms. The molecule has 4 aromatic carbocycles. The van der Waals surface area contributed by atoms with E-state index < -0.39 is 6.04 Å². The summed E-state index contributed by atoms with van der Waals surface area (Å²) in [6.45, 7) is 0.739. The van der Waals surface area contributed by atoms with E-state index in [0.717, 1.165) is 16.9 Å². The van der Waals surface area contributed by atoms with E-state index in [1.165, 1.54) is 0 Å². The van der Waals surface area contributed by atoms with Crippen molar-refractivity contribution in [2.24, 2.45) is 5.73 Å². The van der Waals surface area contributed by atoms with Gasteiger partial charge in [0.2, 0.25) is 5.91 Å². The molecule has 0 aliphatic rings. The molecule has 0 aliphatic carbocycles. The number of hydrogen-bond acceptors (Lipinski definition) is 6. The van der Waals surface area contributed by atoms with E-state index in [1.807, 2.05) is 60.7 Å². The number of nitrogen functional groups attached to an aromatic ring is 1. The van der Waals surface area contributed by atoms with Crippen LogP contribution in [0, 0.1) is 5.41 Å². The minimum Gasteiger partial charge on any atom is -0.497 e. The SMILES string of the molecule is COc1ccc(CNC(=O)[C@@H](Nc2ccc(C(=N)N)cc2)c2ccc(OCc3ccccc3)c(OC)c2)cc1.Cl. The Labute approximate surface area is 240 Å². The number of hydrogen-bond donors (Lipinski definition) is 4. The molecule has 0 aliphatic heterocycles. The van der Waals surface area contributed by atoms with Crippen molar-refractivity contribution in [1.82, 2.24) is 5.32 Å². The lowest BCUT2D eigenvalue weighted by atomic mass is 10.0. The summed E-state index contributed by atoms with van der Waals surface area (Å²) in [5.74, 6) is 1.60. The quantitative estimate of drug-likeness (QED) is 0.135. The molecule has 5 N–H and O–H groups in total. The van der Waals surface area contributed by atoms with Crippen molar-refractivity contribution in [3.63, 3.8) is 0 Å². The second-order valence-corrected chi connectivity index (χ2v) is 8.82. The van der Waals surface area contributed by atoms with Crippen LogP contribution >= 0.6 is 12.4 Å². The number of halogens is 1. The summed E-state index contributed by atoms with van der Waals surface area (Å²) in [7, 11) is 3.18. The van der Waals surface area contributed by atoms with Gasteiger partial charge in [-0.3, -0.25) is 10.2 Å². The molecule has 4 aromatic rings. The highest BCUT2D eigenvalue weighted by Crippen LogP contribution is 2.32. The molecule has 4 rings (SSSR count). The van der Waals surface area contributed by atoms with Crippen LogP contribution in [0.25, 0.3) is 0 Å². The predicted molar refractivity (Wildman–Crippen MR) is 160 cm³/mol. The van der Waals surface area contributed by atoms with Crippen LogP contribution in [0.3, 0.4) is 0 Å². The normalized spacial score (nSPS) is 10.9. The van der Waals surface area contributed by atoms with Crippen molar-refractivity contribution in [3.8, 4) is 17.2 Å². The summed E-state index contributed by atoms with van der Waals surface area (Å²) in [5, 5.41) is 13.9.